The fraction of sp³-hybridized carbons (Fsp3) is 0.524. The molecule has 2 aromatic rings. The number of esters is 1. The van der Waals surface area contributed by atoms with Gasteiger partial charge in [0.25, 0.3) is 5.91 Å². The Balaban J connectivity index is 1.42. The van der Waals surface area contributed by atoms with Crippen LogP contribution in [0, 0.1) is 10.8 Å². The van der Waals surface area contributed by atoms with Gasteiger partial charge in [0.05, 0.1) is 17.2 Å². The quantitative estimate of drug-likeness (QED) is 0.779. The van der Waals surface area contributed by atoms with Crippen LogP contribution in [0.15, 0.2) is 30.5 Å². The SMILES string of the molecule is CC12CCN(C(=O)COC(=O)c3cnc4ccccc4n3)C(C1)C(C)(C)C2. The molecule has 1 amide bonds. The Labute approximate surface area is 158 Å². The van der Waals surface area contributed by atoms with Gasteiger partial charge in [-0.1, -0.05) is 32.9 Å². The lowest BCUT2D eigenvalue weighted by atomic mass is 9.81. The van der Waals surface area contributed by atoms with Gasteiger partial charge in [-0.05, 0) is 42.2 Å². The smallest absolute Gasteiger partial charge is 0.359 e. The number of benzene rings is 1. The van der Waals surface area contributed by atoms with Gasteiger partial charge in [-0.25, -0.2) is 9.78 Å². The van der Waals surface area contributed by atoms with Crippen molar-refractivity contribution in [2.24, 2.45) is 10.8 Å². The van der Waals surface area contributed by atoms with Crippen LogP contribution in [0.4, 0.5) is 0 Å². The van der Waals surface area contributed by atoms with Crippen LogP contribution in [-0.2, 0) is 9.53 Å². The van der Waals surface area contributed by atoms with Crippen LogP contribution in [-0.4, -0.2) is 45.9 Å². The van der Waals surface area contributed by atoms with Gasteiger partial charge < -0.3 is 9.64 Å². The Morgan fingerprint density at radius 1 is 1.22 bits per heavy atom. The van der Waals surface area contributed by atoms with E-state index in [9.17, 15) is 9.59 Å². The molecule has 1 aliphatic heterocycles. The molecule has 2 unspecified atom stereocenters. The molecular formula is C21H25N3O3. The Bertz CT molecular complexity index is 910. The second-order valence-corrected chi connectivity index (χ2v) is 8.85. The minimum Gasteiger partial charge on any atom is -0.451 e. The standard InChI is InChI=1S/C21H25N3O3/c1-20(2)13-21(3)8-9-24(17(20)10-21)18(25)12-27-19(26)16-11-22-14-6-4-5-7-15(14)23-16/h4-7,11,17H,8-10,12-13H2,1-3H3. The molecular weight excluding hydrogens is 342 g/mol. The number of ether oxygens (including phenoxy) is 1. The summed E-state index contributed by atoms with van der Waals surface area (Å²) in [5.41, 5.74) is 1.87. The lowest BCUT2D eigenvalue weighted by Gasteiger charge is -2.40. The second kappa shape index (κ2) is 6.29. The van der Waals surface area contributed by atoms with E-state index in [1.807, 2.05) is 23.1 Å². The van der Waals surface area contributed by atoms with Gasteiger partial charge in [0, 0.05) is 12.6 Å². The summed E-state index contributed by atoms with van der Waals surface area (Å²) in [5.74, 6) is -0.742. The molecule has 1 aromatic carbocycles. The Kier molecular flexibility index (Phi) is 4.17. The van der Waals surface area contributed by atoms with Gasteiger partial charge in [0.1, 0.15) is 0 Å². The van der Waals surface area contributed by atoms with E-state index in [4.69, 9.17) is 4.74 Å². The van der Waals surface area contributed by atoms with E-state index in [2.05, 4.69) is 30.7 Å². The monoisotopic (exact) mass is 367 g/mol. The van der Waals surface area contributed by atoms with Crippen molar-refractivity contribution in [3.8, 4) is 0 Å². The zero-order chi connectivity index (χ0) is 19.2. The zero-order valence-electron chi connectivity index (χ0n) is 16.1. The molecule has 4 rings (SSSR count). The van der Waals surface area contributed by atoms with Crippen molar-refractivity contribution in [2.75, 3.05) is 13.2 Å². The summed E-state index contributed by atoms with van der Waals surface area (Å²) in [6, 6.07) is 7.53. The van der Waals surface area contributed by atoms with E-state index in [0.717, 1.165) is 25.8 Å². The minimum absolute atomic E-state index is 0.0920. The number of carbonyl (C=O) groups is 2. The van der Waals surface area contributed by atoms with E-state index < -0.39 is 5.97 Å². The van der Waals surface area contributed by atoms with Gasteiger partial charge in [-0.15, -0.1) is 0 Å². The predicted octanol–water partition coefficient (Wildman–Crippen LogP) is 3.21. The number of carbonyl (C=O) groups excluding carboxylic acids is 2. The second-order valence-electron chi connectivity index (χ2n) is 8.85. The lowest BCUT2D eigenvalue weighted by molar-refractivity contribution is -0.140. The Hall–Kier alpha value is -2.50. The molecule has 1 aliphatic carbocycles. The number of hydrogen-bond donors (Lipinski definition) is 0. The number of aromatic nitrogens is 2. The van der Waals surface area contributed by atoms with Crippen molar-refractivity contribution in [2.45, 2.75) is 46.1 Å². The highest BCUT2D eigenvalue weighted by Gasteiger charge is 2.53. The van der Waals surface area contributed by atoms with Crippen LogP contribution >= 0.6 is 0 Å². The third-order valence-corrected chi connectivity index (χ3v) is 6.11. The average Bonchev–Trinajstić information content (AvgIpc) is 2.83. The number of likely N-dealkylation sites (tertiary alicyclic amines) is 1. The van der Waals surface area contributed by atoms with Gasteiger partial charge in [0.2, 0.25) is 0 Å². The molecule has 2 bridgehead atoms. The highest BCUT2D eigenvalue weighted by Crippen LogP contribution is 2.55. The van der Waals surface area contributed by atoms with E-state index >= 15 is 0 Å². The number of hydrogen-bond acceptors (Lipinski definition) is 5. The number of fused-ring (bicyclic) bond motifs is 3. The van der Waals surface area contributed by atoms with E-state index in [-0.39, 0.29) is 29.7 Å². The van der Waals surface area contributed by atoms with Crippen LogP contribution in [0.5, 0.6) is 0 Å². The number of para-hydroxylation sites is 2. The topological polar surface area (TPSA) is 72.4 Å². The van der Waals surface area contributed by atoms with Crippen LogP contribution < -0.4 is 0 Å². The van der Waals surface area contributed by atoms with Crippen molar-refractivity contribution >= 4 is 22.9 Å². The normalized spacial score (nSPS) is 26.2. The highest BCUT2D eigenvalue weighted by atomic mass is 16.5. The third-order valence-electron chi connectivity index (χ3n) is 6.11. The van der Waals surface area contributed by atoms with Crippen LogP contribution in [0.1, 0.15) is 50.5 Å². The molecule has 0 radical (unpaired) electrons. The summed E-state index contributed by atoms with van der Waals surface area (Å²) in [6.07, 6.45) is 4.54. The molecule has 1 aromatic heterocycles. The van der Waals surface area contributed by atoms with Crippen LogP contribution in [0.3, 0.4) is 0 Å². The van der Waals surface area contributed by atoms with Crippen molar-refractivity contribution in [1.82, 2.24) is 14.9 Å². The summed E-state index contributed by atoms with van der Waals surface area (Å²) < 4.78 is 5.26. The van der Waals surface area contributed by atoms with Gasteiger partial charge >= 0.3 is 5.97 Å². The summed E-state index contributed by atoms with van der Waals surface area (Å²) >= 11 is 0. The Morgan fingerprint density at radius 3 is 2.74 bits per heavy atom. The third kappa shape index (κ3) is 3.29. The Morgan fingerprint density at radius 2 is 1.96 bits per heavy atom. The lowest BCUT2D eigenvalue weighted by Crippen LogP contribution is -2.49. The molecule has 0 N–H and O–H groups in total. The molecule has 142 valence electrons. The molecule has 1 saturated carbocycles. The fourth-order valence-electron chi connectivity index (χ4n) is 4.94. The van der Waals surface area contributed by atoms with Crippen molar-refractivity contribution in [1.29, 1.82) is 0 Å². The zero-order valence-corrected chi connectivity index (χ0v) is 16.1. The molecule has 2 heterocycles. The average molecular weight is 367 g/mol. The number of amides is 1. The molecule has 2 aliphatic rings. The molecule has 2 atom stereocenters. The first-order valence-corrected chi connectivity index (χ1v) is 9.46. The van der Waals surface area contributed by atoms with E-state index in [0.29, 0.717) is 16.4 Å². The van der Waals surface area contributed by atoms with Gasteiger partial charge in [-0.2, -0.15) is 0 Å². The van der Waals surface area contributed by atoms with Crippen molar-refractivity contribution < 1.29 is 14.3 Å². The summed E-state index contributed by atoms with van der Waals surface area (Å²) in [7, 11) is 0. The molecule has 6 nitrogen and oxygen atoms in total. The summed E-state index contributed by atoms with van der Waals surface area (Å²) in [4.78, 5) is 35.5. The maximum absolute atomic E-state index is 12.7. The molecule has 27 heavy (non-hydrogen) atoms. The van der Waals surface area contributed by atoms with Crippen molar-refractivity contribution in [3.63, 3.8) is 0 Å². The highest BCUT2D eigenvalue weighted by molar-refractivity contribution is 5.91. The number of rotatable bonds is 3. The largest absolute Gasteiger partial charge is 0.451 e. The van der Waals surface area contributed by atoms with Gasteiger partial charge in [-0.3, -0.25) is 9.78 Å². The predicted molar refractivity (Wildman–Crippen MR) is 101 cm³/mol. The first kappa shape index (κ1) is 17.9. The molecule has 6 heteroatoms. The maximum Gasteiger partial charge on any atom is 0.359 e. The molecule has 1 saturated heterocycles. The van der Waals surface area contributed by atoms with Crippen molar-refractivity contribution in [3.05, 3.63) is 36.2 Å². The number of piperidine rings is 1. The number of nitrogens with zero attached hydrogens (tertiary/aromatic N) is 3. The maximum atomic E-state index is 12.7. The fourth-order valence-corrected chi connectivity index (χ4v) is 4.94. The van der Waals surface area contributed by atoms with Gasteiger partial charge in [0.15, 0.2) is 12.3 Å². The van der Waals surface area contributed by atoms with E-state index in [1.54, 1.807) is 6.07 Å². The first-order chi connectivity index (χ1) is 12.8. The van der Waals surface area contributed by atoms with Crippen LogP contribution in [0.2, 0.25) is 0 Å². The van der Waals surface area contributed by atoms with Crippen LogP contribution in [0.25, 0.3) is 11.0 Å². The minimum atomic E-state index is -0.617. The molecule has 2 fully saturated rings. The first-order valence-electron chi connectivity index (χ1n) is 9.46. The summed E-state index contributed by atoms with van der Waals surface area (Å²) in [6.45, 7) is 7.25. The summed E-state index contributed by atoms with van der Waals surface area (Å²) in [5, 5.41) is 0. The van der Waals surface area contributed by atoms with E-state index in [1.165, 1.54) is 6.20 Å². The molecule has 0 spiro atoms.